The molecular formula is C11H26N2O. The molecule has 86 valence electrons. The van der Waals surface area contributed by atoms with Gasteiger partial charge >= 0.3 is 0 Å². The molecule has 0 aromatic rings. The molecule has 14 heavy (non-hydrogen) atoms. The van der Waals surface area contributed by atoms with Crippen LogP contribution in [-0.2, 0) is 4.74 Å². The molecule has 1 unspecified atom stereocenters. The summed E-state index contributed by atoms with van der Waals surface area (Å²) in [5.74, 6) is 0.535. The van der Waals surface area contributed by atoms with Crippen molar-refractivity contribution in [3.63, 3.8) is 0 Å². The van der Waals surface area contributed by atoms with Gasteiger partial charge in [0.15, 0.2) is 0 Å². The molecule has 0 aliphatic heterocycles. The van der Waals surface area contributed by atoms with Crippen molar-refractivity contribution >= 4 is 0 Å². The fraction of sp³-hybridized carbons (Fsp3) is 1.00. The monoisotopic (exact) mass is 202 g/mol. The molecule has 0 fully saturated rings. The Kier molecular flexibility index (Phi) is 7.15. The Hall–Kier alpha value is -0.120. The zero-order valence-electron chi connectivity index (χ0n) is 9.99. The van der Waals surface area contributed by atoms with Crippen LogP contribution in [0.1, 0.15) is 40.5 Å². The first-order chi connectivity index (χ1) is 6.43. The third-order valence-electron chi connectivity index (χ3n) is 2.37. The smallest absolute Gasteiger partial charge is 0.0620 e. The van der Waals surface area contributed by atoms with E-state index in [-0.39, 0.29) is 18.2 Å². The number of ether oxygens (including phenoxy) is 1. The van der Waals surface area contributed by atoms with Crippen LogP contribution < -0.4 is 11.5 Å². The molecule has 0 aromatic heterocycles. The summed E-state index contributed by atoms with van der Waals surface area (Å²) in [6, 6.07) is 0.391. The fourth-order valence-electron chi connectivity index (χ4n) is 1.14. The molecule has 0 bridgehead atoms. The Balaban J connectivity index is 3.48. The highest BCUT2D eigenvalue weighted by molar-refractivity contribution is 4.69. The highest BCUT2D eigenvalue weighted by atomic mass is 16.5. The Morgan fingerprint density at radius 2 is 1.57 bits per heavy atom. The number of nitrogens with two attached hydrogens (primary N) is 2. The van der Waals surface area contributed by atoms with E-state index >= 15 is 0 Å². The number of hydrogen-bond donors (Lipinski definition) is 2. The van der Waals surface area contributed by atoms with Gasteiger partial charge in [0.25, 0.3) is 0 Å². The summed E-state index contributed by atoms with van der Waals surface area (Å²) in [6.45, 7) is 8.96. The third-order valence-corrected chi connectivity index (χ3v) is 2.37. The van der Waals surface area contributed by atoms with Crippen molar-refractivity contribution in [3.8, 4) is 0 Å². The summed E-state index contributed by atoms with van der Waals surface area (Å²) in [6.07, 6.45) is 2.20. The van der Waals surface area contributed by atoms with Crippen molar-refractivity contribution in [2.24, 2.45) is 17.4 Å². The van der Waals surface area contributed by atoms with Crippen molar-refractivity contribution < 1.29 is 4.74 Å². The maximum atomic E-state index is 5.92. The minimum Gasteiger partial charge on any atom is -0.377 e. The molecule has 0 heterocycles. The van der Waals surface area contributed by atoms with E-state index in [1.165, 1.54) is 0 Å². The van der Waals surface area contributed by atoms with Gasteiger partial charge in [-0.3, -0.25) is 0 Å². The lowest BCUT2D eigenvalue weighted by atomic mass is 9.98. The van der Waals surface area contributed by atoms with E-state index in [9.17, 15) is 0 Å². The standard InChI is InChI=1S/C11H26N2O/c1-8(2)11(13)6-5-10(12)7-14-9(3)4/h8-11H,5-7,12-13H2,1-4H3/t10-,11?/m0/s1. The van der Waals surface area contributed by atoms with Gasteiger partial charge < -0.3 is 16.2 Å². The van der Waals surface area contributed by atoms with Crippen molar-refractivity contribution in [3.05, 3.63) is 0 Å². The predicted octanol–water partition coefficient (Wildman–Crippen LogP) is 1.50. The topological polar surface area (TPSA) is 61.3 Å². The average molecular weight is 202 g/mol. The van der Waals surface area contributed by atoms with E-state index < -0.39 is 0 Å². The highest BCUT2D eigenvalue weighted by Crippen LogP contribution is 2.07. The van der Waals surface area contributed by atoms with E-state index in [1.807, 2.05) is 13.8 Å². The maximum Gasteiger partial charge on any atom is 0.0620 e. The molecule has 2 atom stereocenters. The summed E-state index contributed by atoms with van der Waals surface area (Å²) >= 11 is 0. The van der Waals surface area contributed by atoms with Crippen LogP contribution in [0.4, 0.5) is 0 Å². The third kappa shape index (κ3) is 7.30. The Bertz CT molecular complexity index is 137. The maximum absolute atomic E-state index is 5.92. The fourth-order valence-corrected chi connectivity index (χ4v) is 1.14. The van der Waals surface area contributed by atoms with Crippen LogP contribution in [0.2, 0.25) is 0 Å². The lowest BCUT2D eigenvalue weighted by Crippen LogP contribution is -2.32. The summed E-state index contributed by atoms with van der Waals surface area (Å²) in [4.78, 5) is 0. The van der Waals surface area contributed by atoms with Crippen molar-refractivity contribution in [1.82, 2.24) is 0 Å². The van der Waals surface area contributed by atoms with Crippen LogP contribution in [0.3, 0.4) is 0 Å². The lowest BCUT2D eigenvalue weighted by Gasteiger charge is -2.19. The van der Waals surface area contributed by atoms with Crippen molar-refractivity contribution in [1.29, 1.82) is 0 Å². The summed E-state index contributed by atoms with van der Waals surface area (Å²) < 4.78 is 5.43. The molecule has 0 spiro atoms. The predicted molar refractivity (Wildman–Crippen MR) is 61.1 cm³/mol. The van der Waals surface area contributed by atoms with Crippen LogP contribution in [-0.4, -0.2) is 24.8 Å². The largest absolute Gasteiger partial charge is 0.377 e. The summed E-state index contributed by atoms with van der Waals surface area (Å²) in [7, 11) is 0. The van der Waals surface area contributed by atoms with Crippen LogP contribution in [0, 0.1) is 5.92 Å². The lowest BCUT2D eigenvalue weighted by molar-refractivity contribution is 0.0660. The first-order valence-electron chi connectivity index (χ1n) is 5.56. The summed E-state index contributed by atoms with van der Waals surface area (Å²) in [5.41, 5.74) is 11.8. The molecular weight excluding hydrogens is 176 g/mol. The van der Waals surface area contributed by atoms with Crippen LogP contribution in [0.15, 0.2) is 0 Å². The molecule has 0 radical (unpaired) electrons. The van der Waals surface area contributed by atoms with E-state index in [0.717, 1.165) is 12.8 Å². The SMILES string of the molecule is CC(C)OC[C@@H](N)CCC(N)C(C)C. The van der Waals surface area contributed by atoms with Gasteiger partial charge in [-0.2, -0.15) is 0 Å². The quantitative estimate of drug-likeness (QED) is 0.657. The average Bonchev–Trinajstić information content (AvgIpc) is 2.10. The summed E-state index contributed by atoms with van der Waals surface area (Å²) in [5, 5.41) is 0. The first-order valence-corrected chi connectivity index (χ1v) is 5.56. The van der Waals surface area contributed by atoms with E-state index in [1.54, 1.807) is 0 Å². The van der Waals surface area contributed by atoms with Crippen LogP contribution in [0.5, 0.6) is 0 Å². The first kappa shape index (κ1) is 13.9. The van der Waals surface area contributed by atoms with Crippen molar-refractivity contribution in [2.45, 2.75) is 58.7 Å². The van der Waals surface area contributed by atoms with Gasteiger partial charge in [0.2, 0.25) is 0 Å². The molecule has 0 rings (SSSR count). The van der Waals surface area contributed by atoms with E-state index in [0.29, 0.717) is 12.5 Å². The minimum atomic E-state index is 0.127. The molecule has 3 heteroatoms. The molecule has 0 saturated carbocycles. The molecule has 0 aliphatic carbocycles. The molecule has 0 saturated heterocycles. The van der Waals surface area contributed by atoms with Crippen LogP contribution in [0.25, 0.3) is 0 Å². The number of rotatable bonds is 7. The second-order valence-corrected chi connectivity index (χ2v) is 4.63. The van der Waals surface area contributed by atoms with E-state index in [2.05, 4.69) is 13.8 Å². The van der Waals surface area contributed by atoms with Gasteiger partial charge in [-0.25, -0.2) is 0 Å². The molecule has 3 nitrogen and oxygen atoms in total. The number of hydrogen-bond acceptors (Lipinski definition) is 3. The van der Waals surface area contributed by atoms with Gasteiger partial charge in [-0.05, 0) is 32.6 Å². The molecule has 0 aliphatic rings. The van der Waals surface area contributed by atoms with Gasteiger partial charge in [0.05, 0.1) is 12.7 Å². The van der Waals surface area contributed by atoms with E-state index in [4.69, 9.17) is 16.2 Å². The van der Waals surface area contributed by atoms with Crippen molar-refractivity contribution in [2.75, 3.05) is 6.61 Å². The second-order valence-electron chi connectivity index (χ2n) is 4.63. The highest BCUT2D eigenvalue weighted by Gasteiger charge is 2.10. The molecule has 0 aromatic carbocycles. The van der Waals surface area contributed by atoms with Gasteiger partial charge in [-0.1, -0.05) is 13.8 Å². The second kappa shape index (κ2) is 7.21. The van der Waals surface area contributed by atoms with Gasteiger partial charge in [0, 0.05) is 12.1 Å². The Morgan fingerprint density at radius 1 is 1.00 bits per heavy atom. The zero-order chi connectivity index (χ0) is 11.1. The van der Waals surface area contributed by atoms with Gasteiger partial charge in [0.1, 0.15) is 0 Å². The zero-order valence-corrected chi connectivity index (χ0v) is 9.99. The molecule has 4 N–H and O–H groups in total. The Labute approximate surface area is 88.2 Å². The normalized spacial score (nSPS) is 16.3. The van der Waals surface area contributed by atoms with Gasteiger partial charge in [-0.15, -0.1) is 0 Å². The Morgan fingerprint density at radius 3 is 2.00 bits per heavy atom. The molecule has 0 amide bonds. The minimum absolute atomic E-state index is 0.127. The van der Waals surface area contributed by atoms with Crippen LogP contribution >= 0.6 is 0 Å².